The predicted octanol–water partition coefficient (Wildman–Crippen LogP) is 2.28. The van der Waals surface area contributed by atoms with E-state index >= 15 is 0 Å². The van der Waals surface area contributed by atoms with Crippen molar-refractivity contribution in [3.8, 4) is 17.9 Å². The molecule has 2 N–H and O–H groups in total. The molecule has 1 aromatic carbocycles. The summed E-state index contributed by atoms with van der Waals surface area (Å²) in [5.74, 6) is -4.06. The highest BCUT2D eigenvalue weighted by Gasteiger charge is 2.33. The van der Waals surface area contributed by atoms with Crippen molar-refractivity contribution < 1.29 is 18.8 Å². The van der Waals surface area contributed by atoms with E-state index in [4.69, 9.17) is 0 Å². The van der Waals surface area contributed by atoms with Crippen molar-refractivity contribution in [1.29, 1.82) is 10.5 Å². The number of hydrogen-bond donors (Lipinski definition) is 2. The Kier molecular flexibility index (Phi) is 6.54. The number of benzene rings is 1. The van der Waals surface area contributed by atoms with Gasteiger partial charge in [0.05, 0.1) is 17.8 Å². The first-order valence-electron chi connectivity index (χ1n) is 10.8. The highest BCUT2D eigenvalue weighted by Crippen LogP contribution is 2.40. The van der Waals surface area contributed by atoms with Crippen LogP contribution >= 0.6 is 0 Å². The van der Waals surface area contributed by atoms with Gasteiger partial charge in [0.15, 0.2) is 11.4 Å². The Morgan fingerprint density at radius 3 is 2.65 bits per heavy atom. The summed E-state index contributed by atoms with van der Waals surface area (Å²) in [5, 5.41) is 39.9. The number of nitrogens with zero attached hydrogens (tertiary/aromatic N) is 7. The quantitative estimate of drug-likeness (QED) is 0.400. The minimum atomic E-state index is -0.905. The molecular weight excluding hydrogens is 483 g/mol. The van der Waals surface area contributed by atoms with Gasteiger partial charge in [0.2, 0.25) is 5.75 Å². The van der Waals surface area contributed by atoms with Gasteiger partial charge in [-0.05, 0) is 23.8 Å². The first-order chi connectivity index (χ1) is 17.7. The second-order valence-electron chi connectivity index (χ2n) is 8.23. The van der Waals surface area contributed by atoms with Gasteiger partial charge in [0.25, 0.3) is 11.5 Å². The fourth-order valence-electron chi connectivity index (χ4n) is 4.20. The molecule has 186 valence electrons. The Morgan fingerprint density at radius 1 is 1.24 bits per heavy atom. The van der Waals surface area contributed by atoms with Gasteiger partial charge in [-0.1, -0.05) is 12.1 Å². The summed E-state index contributed by atoms with van der Waals surface area (Å²) in [7, 11) is 2.95. The van der Waals surface area contributed by atoms with E-state index in [1.807, 2.05) is 12.1 Å². The van der Waals surface area contributed by atoms with Gasteiger partial charge >= 0.3 is 0 Å². The lowest BCUT2D eigenvalue weighted by atomic mass is 9.79. The summed E-state index contributed by atoms with van der Waals surface area (Å²) in [5.41, 5.74) is -0.530. The van der Waals surface area contributed by atoms with Crippen molar-refractivity contribution in [2.75, 3.05) is 5.32 Å². The number of aryl methyl sites for hydroxylation is 1. The highest BCUT2D eigenvalue weighted by molar-refractivity contribution is 6.04. The summed E-state index contributed by atoms with van der Waals surface area (Å²) < 4.78 is 21.5. The van der Waals surface area contributed by atoms with Crippen molar-refractivity contribution in [2.24, 2.45) is 14.1 Å². The topological polar surface area (TPSA) is 176 Å². The second-order valence-corrected chi connectivity index (χ2v) is 8.23. The number of hydrogen-bond acceptors (Lipinski definition) is 9. The van der Waals surface area contributed by atoms with E-state index in [1.165, 1.54) is 30.1 Å². The minimum absolute atomic E-state index is 0.0294. The Labute approximate surface area is 208 Å². The van der Waals surface area contributed by atoms with E-state index in [-0.39, 0.29) is 28.3 Å². The lowest BCUT2D eigenvalue weighted by Gasteiger charge is -2.26. The maximum atomic E-state index is 14.4. The number of carbonyl (C=O) groups is 1. The molecule has 3 aromatic heterocycles. The van der Waals surface area contributed by atoms with Crippen molar-refractivity contribution in [3.63, 3.8) is 0 Å². The van der Waals surface area contributed by atoms with Crippen LogP contribution in [0.5, 0.6) is 5.75 Å². The highest BCUT2D eigenvalue weighted by atomic mass is 19.1. The fraction of sp³-hybridized carbons (Fsp3) is 0.208. The molecule has 0 aliphatic carbocycles. The Hall–Kier alpha value is -5.30. The third-order valence-electron chi connectivity index (χ3n) is 5.88. The molecule has 13 heteroatoms. The van der Waals surface area contributed by atoms with Crippen LogP contribution in [0.15, 0.2) is 46.2 Å². The van der Waals surface area contributed by atoms with Crippen LogP contribution in [-0.4, -0.2) is 35.5 Å². The number of aromatic hydroxyl groups is 1. The third-order valence-corrected chi connectivity index (χ3v) is 5.88. The van der Waals surface area contributed by atoms with E-state index in [0.29, 0.717) is 5.56 Å². The predicted molar refractivity (Wildman–Crippen MR) is 125 cm³/mol. The van der Waals surface area contributed by atoms with Crippen LogP contribution in [0.3, 0.4) is 0 Å². The average Bonchev–Trinajstić information content (AvgIpc) is 3.52. The molecule has 12 nitrogen and oxygen atoms in total. The maximum absolute atomic E-state index is 14.4. The van der Waals surface area contributed by atoms with Crippen LogP contribution < -0.4 is 10.9 Å². The molecule has 0 saturated carbocycles. The number of carbonyl (C=O) groups excluding carboxylic acids is 1. The molecule has 0 fully saturated rings. The van der Waals surface area contributed by atoms with Gasteiger partial charge in [0.1, 0.15) is 29.7 Å². The number of rotatable bonds is 6. The largest absolute Gasteiger partial charge is 0.501 e. The molecular formula is C24H19FN8O4. The van der Waals surface area contributed by atoms with Gasteiger partial charge in [-0.15, -0.1) is 0 Å². The van der Waals surface area contributed by atoms with Gasteiger partial charge in [-0.3, -0.25) is 18.8 Å². The lowest BCUT2D eigenvalue weighted by Crippen LogP contribution is -2.29. The number of amides is 1. The smallest absolute Gasteiger partial charge is 0.296 e. The summed E-state index contributed by atoms with van der Waals surface area (Å²) in [6.45, 7) is 1.64. The van der Waals surface area contributed by atoms with Crippen molar-refractivity contribution in [1.82, 2.24) is 24.5 Å². The standard InChI is InChI=1S/C24H19FN8O4/c1-12(22-30-20(21(34)24(36)33(22)3)23(35)29-15-9-28-37-11-15)19(17-10-32(2)31-18(17)8-27)16-6-14(25)5-4-13(16)7-26/h4-6,9-12,19,34H,1-3H3,(H,29,35)/t12-,19+/m1/s1. The molecule has 0 saturated heterocycles. The monoisotopic (exact) mass is 502 g/mol. The molecule has 0 bridgehead atoms. The van der Waals surface area contributed by atoms with Crippen LogP contribution in [0, 0.1) is 28.5 Å². The van der Waals surface area contributed by atoms with E-state index < -0.39 is 40.6 Å². The number of nitrogens with one attached hydrogen (secondary N) is 1. The minimum Gasteiger partial charge on any atom is -0.501 e. The van der Waals surface area contributed by atoms with Gasteiger partial charge in [-0.25, -0.2) is 9.37 Å². The molecule has 3 heterocycles. The van der Waals surface area contributed by atoms with E-state index in [0.717, 1.165) is 16.9 Å². The Morgan fingerprint density at radius 2 is 2.00 bits per heavy atom. The van der Waals surface area contributed by atoms with Gasteiger partial charge < -0.3 is 14.9 Å². The van der Waals surface area contributed by atoms with Gasteiger partial charge in [-0.2, -0.15) is 15.6 Å². The molecule has 0 radical (unpaired) electrons. The van der Waals surface area contributed by atoms with Crippen molar-refractivity contribution in [2.45, 2.75) is 18.8 Å². The first kappa shape index (κ1) is 24.8. The SMILES string of the molecule is C[C@@H](c1nc(C(=O)Nc2cnoc2)c(O)c(=O)n1C)[C@@H](c1cc(F)ccc1C#N)c1cn(C)nc1C#N. The Balaban J connectivity index is 1.93. The van der Waals surface area contributed by atoms with E-state index in [9.17, 15) is 29.6 Å². The van der Waals surface area contributed by atoms with Gasteiger partial charge in [0, 0.05) is 37.7 Å². The van der Waals surface area contributed by atoms with E-state index in [1.54, 1.807) is 20.2 Å². The number of anilines is 1. The van der Waals surface area contributed by atoms with Crippen molar-refractivity contribution >= 4 is 11.6 Å². The summed E-state index contributed by atoms with van der Waals surface area (Å²) in [6.07, 6.45) is 3.92. The molecule has 0 aliphatic heterocycles. The number of halogens is 1. The summed E-state index contributed by atoms with van der Waals surface area (Å²) in [6, 6.07) is 7.65. The first-order valence-corrected chi connectivity index (χ1v) is 10.8. The molecule has 4 aromatic rings. The van der Waals surface area contributed by atoms with Crippen molar-refractivity contribution in [3.05, 3.63) is 86.9 Å². The zero-order chi connectivity index (χ0) is 26.9. The zero-order valence-corrected chi connectivity index (χ0v) is 19.8. The summed E-state index contributed by atoms with van der Waals surface area (Å²) in [4.78, 5) is 30.0. The number of aromatic nitrogens is 5. The second kappa shape index (κ2) is 9.75. The lowest BCUT2D eigenvalue weighted by molar-refractivity contribution is 0.101. The molecule has 2 atom stereocenters. The van der Waals surface area contributed by atoms with Crippen LogP contribution in [0.25, 0.3) is 0 Å². The maximum Gasteiger partial charge on any atom is 0.296 e. The normalized spacial score (nSPS) is 12.4. The molecule has 0 aliphatic rings. The zero-order valence-electron chi connectivity index (χ0n) is 19.8. The molecule has 0 spiro atoms. The molecule has 4 rings (SSSR count). The molecule has 37 heavy (non-hydrogen) atoms. The summed E-state index contributed by atoms with van der Waals surface area (Å²) >= 11 is 0. The van der Waals surface area contributed by atoms with E-state index in [2.05, 4.69) is 25.1 Å². The van der Waals surface area contributed by atoms with Crippen LogP contribution in [0.2, 0.25) is 0 Å². The van der Waals surface area contributed by atoms with Crippen LogP contribution in [-0.2, 0) is 14.1 Å². The van der Waals surface area contributed by atoms with Crippen LogP contribution in [0.4, 0.5) is 10.1 Å². The molecule has 1 amide bonds. The fourth-order valence-corrected chi connectivity index (χ4v) is 4.20. The number of nitriles is 2. The molecule has 0 unspecified atom stereocenters. The van der Waals surface area contributed by atoms with Crippen LogP contribution in [0.1, 0.15) is 57.5 Å². The Bertz CT molecular complexity index is 1640. The third kappa shape index (κ3) is 4.53. The average molecular weight is 502 g/mol.